The molecule has 0 saturated carbocycles. The molecule has 11 nitrogen and oxygen atoms in total. The third kappa shape index (κ3) is 5.80. The Bertz CT molecular complexity index is 1650. The van der Waals surface area contributed by atoms with E-state index in [0.717, 1.165) is 5.56 Å². The molecule has 2 aliphatic heterocycles. The van der Waals surface area contributed by atoms with Crippen molar-refractivity contribution < 1.29 is 18.7 Å². The van der Waals surface area contributed by atoms with Crippen molar-refractivity contribution in [1.29, 1.82) is 0 Å². The summed E-state index contributed by atoms with van der Waals surface area (Å²) >= 11 is 0. The number of fused-ring (bicyclic) bond motifs is 2. The highest BCUT2D eigenvalue weighted by Gasteiger charge is 2.29. The molecule has 212 valence electrons. The monoisotopic (exact) mass is 559 g/mol. The summed E-state index contributed by atoms with van der Waals surface area (Å²) in [6.07, 6.45) is 1.75. The summed E-state index contributed by atoms with van der Waals surface area (Å²) in [5.41, 5.74) is 2.55. The van der Waals surface area contributed by atoms with E-state index >= 15 is 0 Å². The fourth-order valence-electron chi connectivity index (χ4n) is 5.10. The topological polar surface area (TPSA) is 126 Å². The van der Waals surface area contributed by atoms with Crippen molar-refractivity contribution in [2.75, 3.05) is 39.2 Å². The van der Waals surface area contributed by atoms with Crippen LogP contribution in [0.1, 0.15) is 32.9 Å². The quantitative estimate of drug-likeness (QED) is 0.351. The summed E-state index contributed by atoms with van der Waals surface area (Å²) in [5, 5.41) is 11.2. The van der Waals surface area contributed by atoms with Crippen molar-refractivity contribution in [3.63, 3.8) is 0 Å². The highest BCUT2D eigenvalue weighted by Crippen LogP contribution is 2.26. The van der Waals surface area contributed by atoms with Crippen LogP contribution in [0, 0.1) is 5.82 Å². The second-order valence-electron chi connectivity index (χ2n) is 10.6. The molecule has 12 heteroatoms. The van der Waals surface area contributed by atoms with Crippen LogP contribution in [0.5, 0.6) is 0 Å². The number of halogens is 1. The molecule has 6 rings (SSSR count). The lowest BCUT2D eigenvalue weighted by molar-refractivity contribution is -0.187. The lowest BCUT2D eigenvalue weighted by Gasteiger charge is -2.31. The molecule has 4 aromatic rings. The number of aromatic amines is 1. The van der Waals surface area contributed by atoms with Gasteiger partial charge in [0, 0.05) is 36.7 Å². The molecule has 2 aromatic heterocycles. The molecule has 0 unspecified atom stereocenters. The number of rotatable bonds is 7. The number of anilines is 1. The second-order valence-corrected chi connectivity index (χ2v) is 10.6. The Balaban J connectivity index is 1.13. The van der Waals surface area contributed by atoms with Gasteiger partial charge in [-0.15, -0.1) is 0 Å². The normalized spacial score (nSPS) is 18.6. The molecule has 2 aliphatic rings. The van der Waals surface area contributed by atoms with Gasteiger partial charge in [-0.2, -0.15) is 5.10 Å². The molecule has 0 radical (unpaired) electrons. The molecule has 1 amide bonds. The van der Waals surface area contributed by atoms with Crippen molar-refractivity contribution in [2.24, 2.45) is 0 Å². The molecule has 1 saturated heterocycles. The number of amides is 1. The number of carbonyl (C=O) groups is 1. The van der Waals surface area contributed by atoms with Crippen LogP contribution in [0.2, 0.25) is 0 Å². The van der Waals surface area contributed by atoms with Gasteiger partial charge in [0.1, 0.15) is 5.82 Å². The number of hydrogen-bond acceptors (Lipinski definition) is 9. The third-order valence-corrected chi connectivity index (χ3v) is 7.17. The molecule has 0 atom stereocenters. The summed E-state index contributed by atoms with van der Waals surface area (Å²) in [7, 11) is 3.92. The molecule has 2 aromatic carbocycles. The maximum atomic E-state index is 14.9. The number of H-pyrrole nitrogens is 1. The van der Waals surface area contributed by atoms with Crippen LogP contribution in [0.4, 0.5) is 10.3 Å². The van der Waals surface area contributed by atoms with E-state index in [-0.39, 0.29) is 36.5 Å². The summed E-state index contributed by atoms with van der Waals surface area (Å²) in [6, 6.07) is 11.5. The molecular formula is C29H30FN7O4. The van der Waals surface area contributed by atoms with Gasteiger partial charge in [0.25, 0.3) is 11.5 Å². The van der Waals surface area contributed by atoms with Crippen LogP contribution in [0.25, 0.3) is 10.8 Å². The van der Waals surface area contributed by atoms with Gasteiger partial charge in [-0.1, -0.05) is 24.3 Å². The number of nitrogens with zero attached hydrogens (tertiary/aromatic N) is 5. The molecule has 0 aliphatic carbocycles. The van der Waals surface area contributed by atoms with Crippen molar-refractivity contribution >= 4 is 22.6 Å². The molecule has 2 N–H and O–H groups in total. The van der Waals surface area contributed by atoms with Crippen LogP contribution in [0.15, 0.2) is 53.5 Å². The standard InChI is InChI=1S/C29H30FN7O4/c1-36(2)14-26-40-15-19(16-41-26)32-29-31-11-18-12-37(13-25(18)33-29)28(39)22-9-17(7-8-23(22)30)10-24-20-5-3-4-6-21(20)27(38)35-34-24/h3-9,11,19,26H,10,12-16H2,1-2H3,(H,35,38)(H,31,32,33). The second kappa shape index (κ2) is 11.3. The number of hydrogen-bond donors (Lipinski definition) is 2. The first-order valence-corrected chi connectivity index (χ1v) is 13.4. The van der Waals surface area contributed by atoms with E-state index in [1.54, 1.807) is 35.4 Å². The zero-order chi connectivity index (χ0) is 28.5. The fourth-order valence-corrected chi connectivity index (χ4v) is 5.10. The lowest BCUT2D eigenvalue weighted by atomic mass is 10.0. The Kier molecular flexibility index (Phi) is 7.43. The molecule has 41 heavy (non-hydrogen) atoms. The van der Waals surface area contributed by atoms with Crippen LogP contribution in [0.3, 0.4) is 0 Å². The van der Waals surface area contributed by atoms with Crippen molar-refractivity contribution in [3.8, 4) is 0 Å². The van der Waals surface area contributed by atoms with Crippen molar-refractivity contribution in [2.45, 2.75) is 31.8 Å². The SMILES string of the molecule is CN(C)CC1OCC(Nc2ncc3c(n2)CN(C(=O)c2cc(Cc4n[nH]c(=O)c5ccccc45)ccc2F)C3)CO1. The zero-order valence-corrected chi connectivity index (χ0v) is 22.8. The Morgan fingerprint density at radius 1 is 1.15 bits per heavy atom. The van der Waals surface area contributed by atoms with Crippen LogP contribution >= 0.6 is 0 Å². The van der Waals surface area contributed by atoms with Gasteiger partial charge < -0.3 is 24.6 Å². The average molecular weight is 560 g/mol. The van der Waals surface area contributed by atoms with Gasteiger partial charge in [-0.05, 0) is 37.9 Å². The summed E-state index contributed by atoms with van der Waals surface area (Å²) in [6.45, 7) is 2.12. The van der Waals surface area contributed by atoms with E-state index < -0.39 is 11.7 Å². The van der Waals surface area contributed by atoms with Gasteiger partial charge in [0.15, 0.2) is 6.29 Å². The van der Waals surface area contributed by atoms with E-state index in [9.17, 15) is 14.0 Å². The number of likely N-dealkylation sites (N-methyl/N-ethyl adjacent to an activating group) is 1. The number of ether oxygens (including phenoxy) is 2. The number of benzene rings is 2. The van der Waals surface area contributed by atoms with E-state index in [1.165, 1.54) is 6.07 Å². The largest absolute Gasteiger partial charge is 0.349 e. The van der Waals surface area contributed by atoms with E-state index in [1.807, 2.05) is 31.1 Å². The van der Waals surface area contributed by atoms with Gasteiger partial charge in [-0.3, -0.25) is 9.59 Å². The number of carbonyl (C=O) groups excluding carboxylic acids is 1. The maximum absolute atomic E-state index is 14.9. The minimum atomic E-state index is -0.604. The molecule has 0 bridgehead atoms. The van der Waals surface area contributed by atoms with Crippen molar-refractivity contribution in [3.05, 3.63) is 92.9 Å². The third-order valence-electron chi connectivity index (χ3n) is 7.17. The minimum absolute atomic E-state index is 0.0286. The van der Waals surface area contributed by atoms with E-state index in [4.69, 9.17) is 9.47 Å². The van der Waals surface area contributed by atoms with E-state index in [0.29, 0.717) is 59.9 Å². The Morgan fingerprint density at radius 3 is 2.71 bits per heavy atom. The summed E-state index contributed by atoms with van der Waals surface area (Å²) in [4.78, 5) is 38.1. The van der Waals surface area contributed by atoms with Gasteiger partial charge in [0.05, 0.1) is 48.1 Å². The Hall–Kier alpha value is -4.26. The maximum Gasteiger partial charge on any atom is 0.272 e. The molecular weight excluding hydrogens is 529 g/mol. The lowest BCUT2D eigenvalue weighted by Crippen LogP contribution is -2.44. The Labute approximate surface area is 235 Å². The van der Waals surface area contributed by atoms with Gasteiger partial charge in [-0.25, -0.2) is 19.5 Å². The molecule has 4 heterocycles. The Morgan fingerprint density at radius 2 is 1.93 bits per heavy atom. The van der Waals surface area contributed by atoms with Gasteiger partial charge >= 0.3 is 0 Å². The van der Waals surface area contributed by atoms with Crippen LogP contribution in [-0.4, -0.2) is 82.1 Å². The highest BCUT2D eigenvalue weighted by atomic mass is 19.1. The van der Waals surface area contributed by atoms with Crippen LogP contribution in [-0.2, 0) is 29.0 Å². The predicted octanol–water partition coefficient (Wildman–Crippen LogP) is 2.31. The number of aromatic nitrogens is 4. The summed E-state index contributed by atoms with van der Waals surface area (Å²) in [5.74, 6) is -0.612. The fraction of sp³-hybridized carbons (Fsp3) is 0.345. The summed E-state index contributed by atoms with van der Waals surface area (Å²) < 4.78 is 26.4. The molecule has 1 fully saturated rings. The molecule has 0 spiro atoms. The first-order chi connectivity index (χ1) is 19.8. The van der Waals surface area contributed by atoms with Gasteiger partial charge in [0.2, 0.25) is 5.95 Å². The van der Waals surface area contributed by atoms with E-state index in [2.05, 4.69) is 25.5 Å². The smallest absolute Gasteiger partial charge is 0.272 e. The van der Waals surface area contributed by atoms with Crippen LogP contribution < -0.4 is 10.9 Å². The first kappa shape index (κ1) is 26.9. The average Bonchev–Trinajstić information content (AvgIpc) is 3.40. The number of nitrogens with one attached hydrogen (secondary N) is 2. The first-order valence-electron chi connectivity index (χ1n) is 13.4. The predicted molar refractivity (Wildman–Crippen MR) is 149 cm³/mol. The minimum Gasteiger partial charge on any atom is -0.349 e. The highest BCUT2D eigenvalue weighted by molar-refractivity contribution is 5.95. The van der Waals surface area contributed by atoms with Crippen molar-refractivity contribution in [1.82, 2.24) is 30.0 Å². The zero-order valence-electron chi connectivity index (χ0n) is 22.8.